The molecule has 10 nitrogen and oxygen atoms in total. The molecular weight excluding hydrogens is 455 g/mol. The smallest absolute Gasteiger partial charge is 0.431 e. The van der Waals surface area contributed by atoms with Crippen LogP contribution in [0.15, 0.2) is 6.07 Å². The molecule has 4 aliphatic carbocycles. The van der Waals surface area contributed by atoms with Gasteiger partial charge in [-0.2, -0.15) is 19.5 Å². The van der Waals surface area contributed by atoms with Gasteiger partial charge in [0.05, 0.1) is 5.60 Å². The van der Waals surface area contributed by atoms with Crippen LogP contribution in [-0.2, 0) is 4.74 Å². The number of rotatable bonds is 7. The van der Waals surface area contributed by atoms with Gasteiger partial charge < -0.3 is 24.8 Å². The lowest BCUT2D eigenvalue weighted by Gasteiger charge is -2.59. The lowest BCUT2D eigenvalue weighted by molar-refractivity contribution is -0.133. The molecule has 0 aromatic carbocycles. The number of aromatic nitrogens is 4. The van der Waals surface area contributed by atoms with Crippen LogP contribution in [0.5, 0.6) is 5.88 Å². The topological polar surface area (TPSA) is 125 Å². The van der Waals surface area contributed by atoms with Crippen molar-refractivity contribution in [2.24, 2.45) is 17.8 Å². The number of aryl methyl sites for hydroxylation is 1. The van der Waals surface area contributed by atoms with E-state index in [4.69, 9.17) is 9.47 Å². The van der Waals surface area contributed by atoms with E-state index in [2.05, 4.69) is 25.5 Å². The van der Waals surface area contributed by atoms with E-state index in [1.165, 1.54) is 0 Å². The van der Waals surface area contributed by atoms with Crippen LogP contribution in [0.3, 0.4) is 0 Å². The predicted octanol–water partition coefficient (Wildman–Crippen LogP) is 4.08. The first-order valence-electron chi connectivity index (χ1n) is 12.3. The van der Waals surface area contributed by atoms with Crippen LogP contribution >= 0.6 is 0 Å². The van der Waals surface area contributed by atoms with Crippen LogP contribution in [-0.4, -0.2) is 56.2 Å². The number of hydrogen-bond donors (Lipinski definition) is 3. The van der Waals surface area contributed by atoms with Gasteiger partial charge in [-0.1, -0.05) is 6.92 Å². The van der Waals surface area contributed by atoms with Gasteiger partial charge in [0.2, 0.25) is 11.8 Å². The molecule has 4 saturated carbocycles. The van der Waals surface area contributed by atoms with E-state index in [0.717, 1.165) is 37.8 Å². The fourth-order valence-corrected chi connectivity index (χ4v) is 6.40. The summed E-state index contributed by atoms with van der Waals surface area (Å²) in [5.41, 5.74) is 0.218. The second-order valence-electron chi connectivity index (χ2n) is 10.5. The van der Waals surface area contributed by atoms with Gasteiger partial charge in [0.1, 0.15) is 6.10 Å². The Morgan fingerprint density at radius 3 is 2.66 bits per heavy atom. The second kappa shape index (κ2) is 8.92. The number of aromatic amines is 1. The van der Waals surface area contributed by atoms with E-state index < -0.39 is 23.5 Å². The maximum Gasteiger partial charge on any atom is 0.515 e. The van der Waals surface area contributed by atoms with Crippen molar-refractivity contribution in [1.29, 1.82) is 0 Å². The molecule has 0 radical (unpaired) electrons. The molecule has 4 fully saturated rings. The highest BCUT2D eigenvalue weighted by molar-refractivity contribution is 5.65. The maximum atomic E-state index is 15.4. The van der Waals surface area contributed by atoms with Gasteiger partial charge in [0, 0.05) is 24.8 Å². The highest BCUT2D eigenvalue weighted by Crippen LogP contribution is 2.57. The van der Waals surface area contributed by atoms with E-state index in [0.29, 0.717) is 30.0 Å². The molecule has 3 N–H and O–H groups in total. The van der Waals surface area contributed by atoms with E-state index in [1.54, 1.807) is 13.0 Å². The average molecular weight is 489 g/mol. The van der Waals surface area contributed by atoms with Crippen molar-refractivity contribution < 1.29 is 23.8 Å². The fourth-order valence-electron chi connectivity index (χ4n) is 6.40. The quantitative estimate of drug-likeness (QED) is 0.494. The SMILES string of the molecule is CCC(C)OC(=O)Oc1nc(N(C)C2C3CC4CC2CC(O)(C4)C3)nc(Nc2cc(C)[nH]n2)c1F. The molecular formula is C24H33FN6O4. The number of ether oxygens (including phenoxy) is 2. The Balaban J connectivity index is 1.46. The third-order valence-corrected chi connectivity index (χ3v) is 7.77. The predicted molar refractivity (Wildman–Crippen MR) is 126 cm³/mol. The standard InChI is InChI=1S/C24H33FN6O4/c1-5-13(3)34-23(32)35-21-18(25)20(26-17-6-12(2)29-30-17)27-22(28-21)31(4)19-15-7-14-8-16(19)11-24(33,9-14)10-15/h6,13-16,19,33H,5,7-11H2,1-4H3,(H2,26,27,28,29,30). The minimum Gasteiger partial charge on any atom is -0.431 e. The molecule has 2 aromatic rings. The molecule has 4 bridgehead atoms. The average Bonchev–Trinajstić information content (AvgIpc) is 3.19. The molecule has 190 valence electrons. The number of anilines is 3. The Kier molecular flexibility index (Phi) is 6.06. The molecule has 2 aromatic heterocycles. The summed E-state index contributed by atoms with van der Waals surface area (Å²) >= 11 is 0. The van der Waals surface area contributed by atoms with Crippen LogP contribution in [0.2, 0.25) is 0 Å². The Morgan fingerprint density at radius 2 is 2.06 bits per heavy atom. The van der Waals surface area contributed by atoms with Crippen molar-refractivity contribution in [3.63, 3.8) is 0 Å². The van der Waals surface area contributed by atoms with Gasteiger partial charge in [-0.3, -0.25) is 5.10 Å². The van der Waals surface area contributed by atoms with Crippen molar-refractivity contribution in [2.45, 2.75) is 77.0 Å². The summed E-state index contributed by atoms with van der Waals surface area (Å²) in [4.78, 5) is 23.0. The van der Waals surface area contributed by atoms with Gasteiger partial charge in [-0.05, 0) is 70.1 Å². The number of carbonyl (C=O) groups excluding carboxylic acids is 1. The molecule has 4 aliphatic rings. The number of hydrogen-bond acceptors (Lipinski definition) is 9. The molecule has 0 amide bonds. The van der Waals surface area contributed by atoms with Crippen LogP contribution < -0.4 is 15.0 Å². The third-order valence-electron chi connectivity index (χ3n) is 7.77. The second-order valence-corrected chi connectivity index (χ2v) is 10.5. The molecule has 11 heteroatoms. The molecule has 2 heterocycles. The molecule has 0 spiro atoms. The summed E-state index contributed by atoms with van der Waals surface area (Å²) in [5, 5.41) is 20.7. The lowest BCUT2D eigenvalue weighted by Crippen LogP contribution is -2.61. The van der Waals surface area contributed by atoms with Crippen LogP contribution in [0.1, 0.15) is 58.1 Å². The van der Waals surface area contributed by atoms with Crippen molar-refractivity contribution in [3.8, 4) is 5.88 Å². The summed E-state index contributed by atoms with van der Waals surface area (Å²) in [5.74, 6) is 0.184. The normalized spacial score (nSPS) is 29.7. The van der Waals surface area contributed by atoms with Gasteiger partial charge in [0.15, 0.2) is 11.6 Å². The van der Waals surface area contributed by atoms with E-state index >= 15 is 4.39 Å². The molecule has 3 unspecified atom stereocenters. The minimum atomic E-state index is -1.02. The van der Waals surface area contributed by atoms with Gasteiger partial charge in [-0.15, -0.1) is 0 Å². The molecule has 6 rings (SSSR count). The largest absolute Gasteiger partial charge is 0.515 e. The third kappa shape index (κ3) is 4.65. The Bertz CT molecular complexity index is 1090. The van der Waals surface area contributed by atoms with Crippen molar-refractivity contribution in [2.75, 3.05) is 17.3 Å². The summed E-state index contributed by atoms with van der Waals surface area (Å²) in [6.07, 6.45) is 3.68. The Labute approximate surface area is 203 Å². The van der Waals surface area contributed by atoms with Gasteiger partial charge in [-0.25, -0.2) is 4.79 Å². The number of H-pyrrole nitrogens is 1. The first-order chi connectivity index (χ1) is 16.6. The zero-order chi connectivity index (χ0) is 24.9. The molecule has 3 atom stereocenters. The summed E-state index contributed by atoms with van der Waals surface area (Å²) in [7, 11) is 1.88. The van der Waals surface area contributed by atoms with Crippen LogP contribution in [0.4, 0.5) is 26.8 Å². The zero-order valence-corrected chi connectivity index (χ0v) is 20.5. The van der Waals surface area contributed by atoms with Crippen LogP contribution in [0.25, 0.3) is 0 Å². The van der Waals surface area contributed by atoms with E-state index in [-0.39, 0.29) is 23.9 Å². The van der Waals surface area contributed by atoms with E-state index in [1.807, 2.05) is 25.8 Å². The first kappa shape index (κ1) is 23.8. The summed E-state index contributed by atoms with van der Waals surface area (Å²) < 4.78 is 25.7. The monoisotopic (exact) mass is 488 g/mol. The van der Waals surface area contributed by atoms with E-state index in [9.17, 15) is 9.90 Å². The Hall–Kier alpha value is -2.95. The van der Waals surface area contributed by atoms with Crippen LogP contribution in [0, 0.1) is 30.5 Å². The highest BCUT2D eigenvalue weighted by atomic mass is 19.1. The number of nitrogens with one attached hydrogen (secondary N) is 2. The number of nitrogens with zero attached hydrogens (tertiary/aromatic N) is 4. The number of aliphatic hydroxyl groups is 1. The van der Waals surface area contributed by atoms with Crippen molar-refractivity contribution in [3.05, 3.63) is 17.6 Å². The number of halogens is 1. The maximum absolute atomic E-state index is 15.4. The molecule has 35 heavy (non-hydrogen) atoms. The highest BCUT2D eigenvalue weighted by Gasteiger charge is 2.56. The lowest BCUT2D eigenvalue weighted by atomic mass is 9.52. The van der Waals surface area contributed by atoms with Crippen molar-refractivity contribution in [1.82, 2.24) is 20.2 Å². The fraction of sp³-hybridized carbons (Fsp3) is 0.667. The van der Waals surface area contributed by atoms with Crippen molar-refractivity contribution >= 4 is 23.7 Å². The molecule has 0 saturated heterocycles. The Morgan fingerprint density at radius 1 is 1.34 bits per heavy atom. The zero-order valence-electron chi connectivity index (χ0n) is 20.5. The number of carbonyl (C=O) groups is 1. The minimum absolute atomic E-state index is 0.109. The molecule has 0 aliphatic heterocycles. The van der Waals surface area contributed by atoms with Gasteiger partial charge >= 0.3 is 6.16 Å². The first-order valence-corrected chi connectivity index (χ1v) is 12.3. The van der Waals surface area contributed by atoms with Gasteiger partial charge in [0.25, 0.3) is 5.88 Å². The summed E-state index contributed by atoms with van der Waals surface area (Å²) in [6.45, 7) is 5.42. The summed E-state index contributed by atoms with van der Waals surface area (Å²) in [6, 6.07) is 1.82.